The Hall–Kier alpha value is -1.58. The molecule has 0 atom stereocenters. The minimum atomic E-state index is -0.652. The molecule has 0 N–H and O–H groups in total. The third kappa shape index (κ3) is 2.63. The van der Waals surface area contributed by atoms with Crippen molar-refractivity contribution in [2.45, 2.75) is 0 Å². The van der Waals surface area contributed by atoms with Crippen LogP contribution < -0.4 is 4.74 Å². The monoisotopic (exact) mass is 284 g/mol. The summed E-state index contributed by atoms with van der Waals surface area (Å²) in [6.45, 7) is 0. The lowest BCUT2D eigenvalue weighted by atomic mass is 10.2. The predicted octanol–water partition coefficient (Wildman–Crippen LogP) is 4.74. The number of aldehydes is 1. The highest BCUT2D eigenvalue weighted by molar-refractivity contribution is 6.34. The van der Waals surface area contributed by atoms with Gasteiger partial charge in [0, 0.05) is 11.1 Å². The van der Waals surface area contributed by atoms with E-state index in [0.717, 1.165) is 0 Å². The van der Waals surface area contributed by atoms with E-state index in [1.54, 1.807) is 12.1 Å². The zero-order valence-corrected chi connectivity index (χ0v) is 10.5. The Morgan fingerprint density at radius 2 is 1.89 bits per heavy atom. The zero-order valence-electron chi connectivity index (χ0n) is 8.99. The van der Waals surface area contributed by atoms with E-state index in [1.807, 2.05) is 0 Å². The highest BCUT2D eigenvalue weighted by atomic mass is 35.5. The average Bonchev–Trinajstić information content (AvgIpc) is 2.34. The molecule has 0 bridgehead atoms. The van der Waals surface area contributed by atoms with Crippen LogP contribution >= 0.6 is 23.2 Å². The van der Waals surface area contributed by atoms with Crippen molar-refractivity contribution in [2.24, 2.45) is 0 Å². The molecule has 2 aromatic rings. The van der Waals surface area contributed by atoms with E-state index in [0.29, 0.717) is 16.3 Å². The minimum Gasteiger partial charge on any atom is -0.455 e. The molecule has 0 unspecified atom stereocenters. The van der Waals surface area contributed by atoms with Crippen LogP contribution in [0.25, 0.3) is 0 Å². The summed E-state index contributed by atoms with van der Waals surface area (Å²) in [5, 5.41) is 0.749. The molecule has 5 heteroatoms. The summed E-state index contributed by atoms with van der Waals surface area (Å²) in [6.07, 6.45) is 0.392. The first kappa shape index (κ1) is 12.9. The average molecular weight is 285 g/mol. The molecule has 92 valence electrons. The van der Waals surface area contributed by atoms with E-state index in [-0.39, 0.29) is 17.1 Å². The summed E-state index contributed by atoms with van der Waals surface area (Å²) in [5.41, 5.74) is -0.159. The van der Waals surface area contributed by atoms with Crippen LogP contribution in [0.5, 0.6) is 11.5 Å². The molecule has 0 heterocycles. The number of carbonyl (C=O) groups is 1. The molecule has 0 saturated carbocycles. The summed E-state index contributed by atoms with van der Waals surface area (Å²) in [7, 11) is 0. The van der Waals surface area contributed by atoms with Crippen LogP contribution in [0.3, 0.4) is 0 Å². The van der Waals surface area contributed by atoms with Gasteiger partial charge >= 0.3 is 0 Å². The number of rotatable bonds is 3. The maximum absolute atomic E-state index is 13.4. The molecule has 0 aliphatic heterocycles. The smallest absolute Gasteiger partial charge is 0.156 e. The van der Waals surface area contributed by atoms with E-state index >= 15 is 0 Å². The fraction of sp³-hybridized carbons (Fsp3) is 0. The quantitative estimate of drug-likeness (QED) is 0.761. The van der Waals surface area contributed by atoms with E-state index in [2.05, 4.69) is 0 Å². The van der Waals surface area contributed by atoms with Gasteiger partial charge in [0.1, 0.15) is 17.3 Å². The molecule has 0 spiro atoms. The lowest BCUT2D eigenvalue weighted by Gasteiger charge is -2.10. The van der Waals surface area contributed by atoms with Gasteiger partial charge in [-0.3, -0.25) is 4.79 Å². The van der Waals surface area contributed by atoms with Crippen molar-refractivity contribution < 1.29 is 13.9 Å². The summed E-state index contributed by atoms with van der Waals surface area (Å²) >= 11 is 11.7. The van der Waals surface area contributed by atoms with E-state index < -0.39 is 5.82 Å². The molecule has 0 amide bonds. The molecule has 0 aliphatic rings. The second kappa shape index (κ2) is 5.38. The van der Waals surface area contributed by atoms with Crippen molar-refractivity contribution in [3.63, 3.8) is 0 Å². The standard InChI is InChI=1S/C13H7Cl2FO2/c14-8-4-5-10(15)13(6-8)18-12-3-1-2-11(16)9(12)7-17/h1-7H. The van der Waals surface area contributed by atoms with Crippen molar-refractivity contribution in [2.75, 3.05) is 0 Å². The second-order valence-electron chi connectivity index (χ2n) is 3.45. The Kier molecular flexibility index (Phi) is 3.84. The summed E-state index contributed by atoms with van der Waals surface area (Å²) in [6, 6.07) is 8.74. The van der Waals surface area contributed by atoms with Crippen LogP contribution in [0.2, 0.25) is 10.0 Å². The van der Waals surface area contributed by atoms with Gasteiger partial charge < -0.3 is 4.74 Å². The van der Waals surface area contributed by atoms with Crippen LogP contribution in [0.1, 0.15) is 10.4 Å². The number of ether oxygens (including phenoxy) is 1. The normalized spacial score (nSPS) is 10.2. The number of benzene rings is 2. The van der Waals surface area contributed by atoms with Crippen LogP contribution in [0.4, 0.5) is 4.39 Å². The van der Waals surface area contributed by atoms with Gasteiger partial charge in [0.15, 0.2) is 6.29 Å². The molecule has 0 aromatic heterocycles. The van der Waals surface area contributed by atoms with Crippen molar-refractivity contribution in [1.82, 2.24) is 0 Å². The van der Waals surface area contributed by atoms with Crippen LogP contribution in [-0.4, -0.2) is 6.29 Å². The minimum absolute atomic E-state index is 0.0918. The molecular formula is C13H7Cl2FO2. The summed E-state index contributed by atoms with van der Waals surface area (Å²) in [5.74, 6) is -0.298. The van der Waals surface area contributed by atoms with Gasteiger partial charge in [0.05, 0.1) is 10.6 Å². The Balaban J connectivity index is 2.43. The number of hydrogen-bond donors (Lipinski definition) is 0. The molecule has 0 fully saturated rings. The Morgan fingerprint density at radius 3 is 2.61 bits per heavy atom. The lowest BCUT2D eigenvalue weighted by Crippen LogP contribution is -1.94. The van der Waals surface area contributed by atoms with E-state index in [1.165, 1.54) is 24.3 Å². The van der Waals surface area contributed by atoms with Crippen LogP contribution in [0, 0.1) is 5.82 Å². The van der Waals surface area contributed by atoms with Gasteiger partial charge in [-0.15, -0.1) is 0 Å². The largest absolute Gasteiger partial charge is 0.455 e. The maximum atomic E-state index is 13.4. The molecule has 2 nitrogen and oxygen atoms in total. The van der Waals surface area contributed by atoms with Gasteiger partial charge in [0.2, 0.25) is 0 Å². The highest BCUT2D eigenvalue weighted by Crippen LogP contribution is 2.33. The van der Waals surface area contributed by atoms with E-state index in [4.69, 9.17) is 27.9 Å². The van der Waals surface area contributed by atoms with Crippen molar-refractivity contribution in [1.29, 1.82) is 0 Å². The second-order valence-corrected chi connectivity index (χ2v) is 4.29. The SMILES string of the molecule is O=Cc1c(F)cccc1Oc1cc(Cl)ccc1Cl. The van der Waals surface area contributed by atoms with Crippen LogP contribution in [-0.2, 0) is 0 Å². The van der Waals surface area contributed by atoms with Gasteiger partial charge in [-0.05, 0) is 24.3 Å². The van der Waals surface area contributed by atoms with Gasteiger partial charge in [-0.1, -0.05) is 29.3 Å². The van der Waals surface area contributed by atoms with Crippen molar-refractivity contribution in [3.05, 3.63) is 57.8 Å². The summed E-state index contributed by atoms with van der Waals surface area (Å²) < 4.78 is 18.8. The molecule has 0 aliphatic carbocycles. The highest BCUT2D eigenvalue weighted by Gasteiger charge is 2.11. The van der Waals surface area contributed by atoms with Gasteiger partial charge in [0.25, 0.3) is 0 Å². The van der Waals surface area contributed by atoms with E-state index in [9.17, 15) is 9.18 Å². The molecule has 18 heavy (non-hydrogen) atoms. The molecule has 0 radical (unpaired) electrons. The fourth-order valence-corrected chi connectivity index (χ4v) is 1.71. The van der Waals surface area contributed by atoms with Crippen molar-refractivity contribution >= 4 is 29.5 Å². The summed E-state index contributed by atoms with van der Waals surface area (Å²) in [4.78, 5) is 10.8. The molecule has 0 saturated heterocycles. The Morgan fingerprint density at radius 1 is 1.11 bits per heavy atom. The first-order chi connectivity index (χ1) is 8.61. The predicted molar refractivity (Wildman–Crippen MR) is 68.3 cm³/mol. The van der Waals surface area contributed by atoms with Gasteiger partial charge in [-0.25, -0.2) is 4.39 Å². The Bertz CT molecular complexity index is 600. The molecular weight excluding hydrogens is 278 g/mol. The van der Waals surface area contributed by atoms with Gasteiger partial charge in [-0.2, -0.15) is 0 Å². The van der Waals surface area contributed by atoms with Crippen LogP contribution in [0.15, 0.2) is 36.4 Å². The Labute approximate surface area is 113 Å². The third-order valence-corrected chi connectivity index (χ3v) is 2.79. The maximum Gasteiger partial charge on any atom is 0.156 e. The van der Waals surface area contributed by atoms with Crippen molar-refractivity contribution in [3.8, 4) is 11.5 Å². The zero-order chi connectivity index (χ0) is 13.1. The number of hydrogen-bond acceptors (Lipinski definition) is 2. The number of carbonyl (C=O) groups excluding carboxylic acids is 1. The topological polar surface area (TPSA) is 26.3 Å². The fourth-order valence-electron chi connectivity index (χ4n) is 1.39. The first-order valence-corrected chi connectivity index (χ1v) is 5.74. The first-order valence-electron chi connectivity index (χ1n) is 4.98. The lowest BCUT2D eigenvalue weighted by molar-refractivity contribution is 0.111. The third-order valence-electron chi connectivity index (χ3n) is 2.24. The molecule has 2 rings (SSSR count). The molecule has 2 aromatic carbocycles. The number of halogens is 3.